The van der Waals surface area contributed by atoms with E-state index in [-0.39, 0.29) is 5.56 Å². The van der Waals surface area contributed by atoms with E-state index in [1.807, 2.05) is 0 Å². The zero-order valence-corrected chi connectivity index (χ0v) is 11.6. The Labute approximate surface area is 121 Å². The molecule has 0 aliphatic carbocycles. The van der Waals surface area contributed by atoms with Crippen LogP contribution in [0.15, 0.2) is 39.5 Å². The molecule has 0 aliphatic heterocycles. The number of benzene rings is 1. The van der Waals surface area contributed by atoms with Gasteiger partial charge in [0.25, 0.3) is 5.91 Å². The topological polar surface area (TPSA) is 99.8 Å². The van der Waals surface area contributed by atoms with Gasteiger partial charge in [0.1, 0.15) is 11.1 Å². The van der Waals surface area contributed by atoms with Crippen LogP contribution in [-0.4, -0.2) is 34.9 Å². The molecule has 1 amide bonds. The molecule has 2 aromatic rings. The lowest BCUT2D eigenvalue weighted by atomic mass is 9.98. The Kier molecular flexibility index (Phi) is 4.40. The standard InChI is InChI=1S/C15H17NO5/c1-2-15(8-17,9-18)16-13(19)11-7-10-5-3-4-6-12(10)21-14(11)20/h3-7,17-18H,2,8-9H2,1H3,(H,16,19). The van der Waals surface area contributed by atoms with E-state index in [9.17, 15) is 19.8 Å². The van der Waals surface area contributed by atoms with Crippen molar-refractivity contribution in [1.82, 2.24) is 5.32 Å². The molecule has 0 saturated heterocycles. The van der Waals surface area contributed by atoms with Crippen molar-refractivity contribution in [1.29, 1.82) is 0 Å². The summed E-state index contributed by atoms with van der Waals surface area (Å²) in [7, 11) is 0. The Morgan fingerprint density at radius 3 is 2.57 bits per heavy atom. The maximum atomic E-state index is 12.2. The van der Waals surface area contributed by atoms with Crippen molar-refractivity contribution in [2.24, 2.45) is 0 Å². The third kappa shape index (κ3) is 2.96. The molecule has 0 radical (unpaired) electrons. The summed E-state index contributed by atoms with van der Waals surface area (Å²) in [6, 6.07) is 8.29. The SMILES string of the molecule is CCC(CO)(CO)NC(=O)c1cc2ccccc2oc1=O. The number of carbonyl (C=O) groups excluding carboxylic acids is 1. The minimum atomic E-state index is -1.16. The summed E-state index contributed by atoms with van der Waals surface area (Å²) in [5.74, 6) is -0.681. The maximum Gasteiger partial charge on any atom is 0.349 e. The summed E-state index contributed by atoms with van der Waals surface area (Å²) >= 11 is 0. The smallest absolute Gasteiger partial charge is 0.349 e. The molecule has 0 fully saturated rings. The Bertz CT molecular complexity index is 694. The molecule has 6 nitrogen and oxygen atoms in total. The first-order valence-electron chi connectivity index (χ1n) is 6.62. The van der Waals surface area contributed by atoms with Crippen LogP contribution < -0.4 is 10.9 Å². The fraction of sp³-hybridized carbons (Fsp3) is 0.333. The molecule has 1 aromatic carbocycles. The van der Waals surface area contributed by atoms with E-state index in [1.54, 1.807) is 31.2 Å². The molecule has 6 heteroatoms. The van der Waals surface area contributed by atoms with Gasteiger partial charge in [-0.2, -0.15) is 0 Å². The summed E-state index contributed by atoms with van der Waals surface area (Å²) in [5, 5.41) is 21.8. The lowest BCUT2D eigenvalue weighted by Gasteiger charge is -2.29. The molecule has 0 bridgehead atoms. The van der Waals surface area contributed by atoms with Crippen molar-refractivity contribution < 1.29 is 19.4 Å². The van der Waals surface area contributed by atoms with Gasteiger partial charge in [-0.15, -0.1) is 0 Å². The van der Waals surface area contributed by atoms with Crippen LogP contribution in [0.2, 0.25) is 0 Å². The molecule has 0 unspecified atom stereocenters. The highest BCUT2D eigenvalue weighted by Crippen LogP contribution is 2.14. The lowest BCUT2D eigenvalue weighted by Crippen LogP contribution is -2.54. The number of para-hydroxylation sites is 1. The number of nitrogens with one attached hydrogen (secondary N) is 1. The molecule has 0 atom stereocenters. The van der Waals surface area contributed by atoms with Crippen LogP contribution in [0.1, 0.15) is 23.7 Å². The maximum absolute atomic E-state index is 12.2. The zero-order valence-electron chi connectivity index (χ0n) is 11.6. The lowest BCUT2D eigenvalue weighted by molar-refractivity contribution is 0.0650. The molecular formula is C15H17NO5. The van der Waals surface area contributed by atoms with Crippen molar-refractivity contribution in [3.8, 4) is 0 Å². The predicted octanol–water partition coefficient (Wildman–Crippen LogP) is 0.656. The van der Waals surface area contributed by atoms with E-state index in [0.29, 0.717) is 17.4 Å². The predicted molar refractivity (Wildman–Crippen MR) is 77.1 cm³/mol. The van der Waals surface area contributed by atoms with Crippen molar-refractivity contribution in [2.75, 3.05) is 13.2 Å². The Balaban J connectivity index is 2.39. The van der Waals surface area contributed by atoms with E-state index in [4.69, 9.17) is 4.42 Å². The van der Waals surface area contributed by atoms with Crippen LogP contribution in [0.4, 0.5) is 0 Å². The summed E-state index contributed by atoms with van der Waals surface area (Å²) in [6.07, 6.45) is 0.324. The summed E-state index contributed by atoms with van der Waals surface area (Å²) in [6.45, 7) is 0.866. The van der Waals surface area contributed by atoms with Gasteiger partial charge in [-0.05, 0) is 18.6 Å². The number of aliphatic hydroxyl groups excluding tert-OH is 2. The second kappa shape index (κ2) is 6.07. The van der Waals surface area contributed by atoms with E-state index < -0.39 is 30.3 Å². The number of fused-ring (bicyclic) bond motifs is 1. The fourth-order valence-corrected chi connectivity index (χ4v) is 1.97. The van der Waals surface area contributed by atoms with Gasteiger partial charge in [0.05, 0.1) is 18.8 Å². The molecule has 112 valence electrons. The fourth-order valence-electron chi connectivity index (χ4n) is 1.97. The Hall–Kier alpha value is -2.18. The number of amides is 1. The first-order valence-corrected chi connectivity index (χ1v) is 6.62. The number of aliphatic hydroxyl groups is 2. The van der Waals surface area contributed by atoms with Gasteiger partial charge in [-0.3, -0.25) is 4.79 Å². The van der Waals surface area contributed by atoms with Crippen LogP contribution in [0.5, 0.6) is 0 Å². The summed E-state index contributed by atoms with van der Waals surface area (Å²) in [5.41, 5.74) is -1.68. The first kappa shape index (κ1) is 15.2. The summed E-state index contributed by atoms with van der Waals surface area (Å²) in [4.78, 5) is 24.1. The van der Waals surface area contributed by atoms with E-state index in [2.05, 4.69) is 5.32 Å². The number of hydrogen-bond donors (Lipinski definition) is 3. The van der Waals surface area contributed by atoms with Crippen molar-refractivity contribution in [3.05, 3.63) is 46.3 Å². The van der Waals surface area contributed by atoms with Crippen LogP contribution in [0, 0.1) is 0 Å². The van der Waals surface area contributed by atoms with Crippen LogP contribution in [-0.2, 0) is 0 Å². The third-order valence-corrected chi connectivity index (χ3v) is 3.55. The van der Waals surface area contributed by atoms with Crippen molar-refractivity contribution >= 4 is 16.9 Å². The van der Waals surface area contributed by atoms with Crippen molar-refractivity contribution in [3.63, 3.8) is 0 Å². The number of carbonyl (C=O) groups is 1. The van der Waals surface area contributed by atoms with Gasteiger partial charge >= 0.3 is 5.63 Å². The van der Waals surface area contributed by atoms with Gasteiger partial charge in [0, 0.05) is 5.39 Å². The van der Waals surface area contributed by atoms with Crippen LogP contribution in [0.3, 0.4) is 0 Å². The van der Waals surface area contributed by atoms with Gasteiger partial charge in [-0.25, -0.2) is 4.79 Å². The minimum Gasteiger partial charge on any atom is -0.422 e. The zero-order chi connectivity index (χ0) is 15.5. The highest BCUT2D eigenvalue weighted by atomic mass is 16.4. The quantitative estimate of drug-likeness (QED) is 0.703. The van der Waals surface area contributed by atoms with Gasteiger partial charge in [0.15, 0.2) is 0 Å². The number of rotatable bonds is 5. The molecule has 1 heterocycles. The molecule has 0 saturated carbocycles. The average molecular weight is 291 g/mol. The molecule has 2 rings (SSSR count). The molecule has 21 heavy (non-hydrogen) atoms. The van der Waals surface area contributed by atoms with Crippen LogP contribution in [0.25, 0.3) is 11.0 Å². The second-order valence-corrected chi connectivity index (χ2v) is 4.89. The van der Waals surface area contributed by atoms with Gasteiger partial charge in [-0.1, -0.05) is 25.1 Å². The van der Waals surface area contributed by atoms with Gasteiger partial charge < -0.3 is 19.9 Å². The van der Waals surface area contributed by atoms with Crippen LogP contribution >= 0.6 is 0 Å². The summed E-state index contributed by atoms with van der Waals surface area (Å²) < 4.78 is 5.09. The molecule has 0 spiro atoms. The van der Waals surface area contributed by atoms with Gasteiger partial charge in [0.2, 0.25) is 0 Å². The number of hydrogen-bond acceptors (Lipinski definition) is 5. The Morgan fingerprint density at radius 1 is 1.29 bits per heavy atom. The minimum absolute atomic E-state index is 0.159. The van der Waals surface area contributed by atoms with E-state index >= 15 is 0 Å². The molecule has 0 aliphatic rings. The average Bonchev–Trinajstić information content (AvgIpc) is 2.52. The second-order valence-electron chi connectivity index (χ2n) is 4.89. The largest absolute Gasteiger partial charge is 0.422 e. The molecule has 1 aromatic heterocycles. The first-order chi connectivity index (χ1) is 10.0. The van der Waals surface area contributed by atoms with E-state index in [0.717, 1.165) is 0 Å². The normalized spacial score (nSPS) is 11.6. The molecular weight excluding hydrogens is 274 g/mol. The highest BCUT2D eigenvalue weighted by molar-refractivity contribution is 5.97. The Morgan fingerprint density at radius 2 is 1.95 bits per heavy atom. The highest BCUT2D eigenvalue weighted by Gasteiger charge is 2.30. The molecule has 3 N–H and O–H groups in total. The monoisotopic (exact) mass is 291 g/mol. The third-order valence-electron chi connectivity index (χ3n) is 3.55. The van der Waals surface area contributed by atoms with E-state index in [1.165, 1.54) is 6.07 Å². The van der Waals surface area contributed by atoms with Crippen molar-refractivity contribution in [2.45, 2.75) is 18.9 Å².